The first kappa shape index (κ1) is 11.8. The minimum absolute atomic E-state index is 0.212. The van der Waals surface area contributed by atoms with Gasteiger partial charge in [-0.05, 0) is 12.1 Å². The molecule has 1 N–H and O–H groups in total. The van der Waals surface area contributed by atoms with E-state index in [1.165, 1.54) is 4.90 Å². The summed E-state index contributed by atoms with van der Waals surface area (Å²) in [6, 6.07) is 7.54. The highest BCUT2D eigenvalue weighted by atomic mass is 79.9. The molecule has 1 aromatic rings. The van der Waals surface area contributed by atoms with E-state index in [1.807, 2.05) is 24.3 Å². The van der Waals surface area contributed by atoms with Gasteiger partial charge in [-0.1, -0.05) is 28.1 Å². The largest absolute Gasteiger partial charge is 0.370 e. The molecule has 0 aromatic heterocycles. The van der Waals surface area contributed by atoms with E-state index in [0.717, 1.165) is 36.3 Å². The molecule has 4 heteroatoms. The Balaban J connectivity index is 1.94. The summed E-state index contributed by atoms with van der Waals surface area (Å²) >= 11 is 3.36. The predicted molar refractivity (Wildman–Crippen MR) is 64.9 cm³/mol. The summed E-state index contributed by atoms with van der Waals surface area (Å²) in [7, 11) is 0. The zero-order valence-corrected chi connectivity index (χ0v) is 10.6. The number of hydrogen-bond donors (Lipinski definition) is 1. The Kier molecular flexibility index (Phi) is 4.09. The highest BCUT2D eigenvalue weighted by Gasteiger charge is 2.18. The number of rotatable bonds is 3. The quantitative estimate of drug-likeness (QED) is 0.822. The predicted octanol–water partition coefficient (Wildman–Crippen LogP) is 0.547. The fourth-order valence-corrected chi connectivity index (χ4v) is 2.07. The van der Waals surface area contributed by atoms with E-state index in [-0.39, 0.29) is 5.78 Å². The number of carbonyl (C=O) groups excluding carboxylic acids is 1. The van der Waals surface area contributed by atoms with Crippen LogP contribution in [-0.4, -0.2) is 38.6 Å². The van der Waals surface area contributed by atoms with Gasteiger partial charge in [0, 0.05) is 10.0 Å². The molecular weight excluding hydrogens is 270 g/mol. The molecule has 1 aliphatic rings. The number of morpholine rings is 1. The van der Waals surface area contributed by atoms with Crippen molar-refractivity contribution >= 4 is 21.7 Å². The van der Waals surface area contributed by atoms with Crippen molar-refractivity contribution in [2.45, 2.75) is 0 Å². The first-order chi connectivity index (χ1) is 7.75. The molecule has 3 nitrogen and oxygen atoms in total. The van der Waals surface area contributed by atoms with Crippen LogP contribution < -0.4 is 4.90 Å². The number of quaternary nitrogens is 1. The Labute approximate surface area is 104 Å². The van der Waals surface area contributed by atoms with E-state index >= 15 is 0 Å². The third-order valence-corrected chi connectivity index (χ3v) is 3.31. The van der Waals surface area contributed by atoms with E-state index in [0.29, 0.717) is 6.54 Å². The SMILES string of the molecule is O=C(C[NH+]1CCOCC1)c1ccc(Br)cc1. The van der Waals surface area contributed by atoms with Gasteiger partial charge in [0.2, 0.25) is 5.78 Å². The van der Waals surface area contributed by atoms with Gasteiger partial charge in [0.25, 0.3) is 0 Å². The maximum absolute atomic E-state index is 11.9. The van der Waals surface area contributed by atoms with E-state index in [4.69, 9.17) is 4.74 Å². The van der Waals surface area contributed by atoms with Crippen LogP contribution in [0.15, 0.2) is 28.7 Å². The van der Waals surface area contributed by atoms with E-state index in [9.17, 15) is 4.79 Å². The third kappa shape index (κ3) is 3.14. The lowest BCUT2D eigenvalue weighted by molar-refractivity contribution is -0.899. The number of Topliss-reactive ketones (excluding diaryl/α,β-unsaturated/α-hetero) is 1. The van der Waals surface area contributed by atoms with Gasteiger partial charge >= 0.3 is 0 Å². The summed E-state index contributed by atoms with van der Waals surface area (Å²) < 4.78 is 6.27. The fourth-order valence-electron chi connectivity index (χ4n) is 1.80. The molecule has 0 amide bonds. The maximum atomic E-state index is 11.9. The molecule has 0 spiro atoms. The van der Waals surface area contributed by atoms with Crippen LogP contribution in [0.2, 0.25) is 0 Å². The minimum Gasteiger partial charge on any atom is -0.370 e. The normalized spacial score (nSPS) is 17.3. The summed E-state index contributed by atoms with van der Waals surface area (Å²) in [5.74, 6) is 0.212. The molecule has 0 aliphatic carbocycles. The number of halogens is 1. The van der Waals surface area contributed by atoms with Gasteiger partial charge in [-0.2, -0.15) is 0 Å². The summed E-state index contributed by atoms with van der Waals surface area (Å²) in [6.45, 7) is 3.97. The highest BCUT2D eigenvalue weighted by Crippen LogP contribution is 2.10. The fraction of sp³-hybridized carbons (Fsp3) is 0.417. The smallest absolute Gasteiger partial charge is 0.216 e. The second-order valence-electron chi connectivity index (χ2n) is 3.97. The molecule has 16 heavy (non-hydrogen) atoms. The van der Waals surface area contributed by atoms with Crippen LogP contribution >= 0.6 is 15.9 Å². The number of benzene rings is 1. The van der Waals surface area contributed by atoms with Crippen LogP contribution in [0.1, 0.15) is 10.4 Å². The molecule has 0 saturated carbocycles. The molecular formula is C12H15BrNO2+. The zero-order chi connectivity index (χ0) is 11.4. The highest BCUT2D eigenvalue weighted by molar-refractivity contribution is 9.10. The second-order valence-corrected chi connectivity index (χ2v) is 4.88. The van der Waals surface area contributed by atoms with Gasteiger partial charge in [0.1, 0.15) is 19.6 Å². The monoisotopic (exact) mass is 284 g/mol. The Bertz CT molecular complexity index is 358. The molecule has 0 unspecified atom stereocenters. The first-order valence-electron chi connectivity index (χ1n) is 5.46. The van der Waals surface area contributed by atoms with Crippen LogP contribution in [0.25, 0.3) is 0 Å². The van der Waals surface area contributed by atoms with Crippen molar-refractivity contribution in [1.82, 2.24) is 0 Å². The molecule has 86 valence electrons. The molecule has 1 heterocycles. The lowest BCUT2D eigenvalue weighted by atomic mass is 10.1. The molecule has 1 aromatic carbocycles. The van der Waals surface area contributed by atoms with Gasteiger partial charge in [-0.25, -0.2) is 0 Å². The van der Waals surface area contributed by atoms with Crippen molar-refractivity contribution in [3.63, 3.8) is 0 Å². The van der Waals surface area contributed by atoms with Crippen molar-refractivity contribution in [2.24, 2.45) is 0 Å². The number of nitrogens with one attached hydrogen (secondary N) is 1. The minimum atomic E-state index is 0.212. The van der Waals surface area contributed by atoms with E-state index in [2.05, 4.69) is 15.9 Å². The van der Waals surface area contributed by atoms with Crippen molar-refractivity contribution in [1.29, 1.82) is 0 Å². The first-order valence-corrected chi connectivity index (χ1v) is 6.25. The van der Waals surface area contributed by atoms with Crippen molar-refractivity contribution in [2.75, 3.05) is 32.8 Å². The lowest BCUT2D eigenvalue weighted by Crippen LogP contribution is -3.14. The maximum Gasteiger partial charge on any atom is 0.216 e. The molecule has 0 bridgehead atoms. The van der Waals surface area contributed by atoms with E-state index < -0.39 is 0 Å². The molecule has 0 radical (unpaired) electrons. The van der Waals surface area contributed by atoms with Gasteiger partial charge in [0.05, 0.1) is 13.2 Å². The molecule has 1 fully saturated rings. The van der Waals surface area contributed by atoms with Crippen LogP contribution in [0.4, 0.5) is 0 Å². The number of ether oxygens (including phenoxy) is 1. The van der Waals surface area contributed by atoms with Gasteiger partial charge in [-0.3, -0.25) is 4.79 Å². The molecule has 0 atom stereocenters. The van der Waals surface area contributed by atoms with Gasteiger partial charge in [0.15, 0.2) is 0 Å². The molecule has 1 saturated heterocycles. The Hall–Kier alpha value is -0.710. The molecule has 1 aliphatic heterocycles. The van der Waals surface area contributed by atoms with Crippen LogP contribution in [0.5, 0.6) is 0 Å². The van der Waals surface area contributed by atoms with Gasteiger partial charge < -0.3 is 9.64 Å². The second kappa shape index (κ2) is 5.57. The Morgan fingerprint density at radius 1 is 1.25 bits per heavy atom. The summed E-state index contributed by atoms with van der Waals surface area (Å²) in [6.07, 6.45) is 0. The Morgan fingerprint density at radius 2 is 1.88 bits per heavy atom. The van der Waals surface area contributed by atoms with Crippen molar-refractivity contribution < 1.29 is 14.4 Å². The topological polar surface area (TPSA) is 30.7 Å². The molecule has 2 rings (SSSR count). The lowest BCUT2D eigenvalue weighted by Gasteiger charge is -2.22. The number of hydrogen-bond acceptors (Lipinski definition) is 2. The summed E-state index contributed by atoms with van der Waals surface area (Å²) in [5.41, 5.74) is 0.794. The van der Waals surface area contributed by atoms with E-state index in [1.54, 1.807) is 0 Å². The Morgan fingerprint density at radius 3 is 2.50 bits per heavy atom. The van der Waals surface area contributed by atoms with Gasteiger partial charge in [-0.15, -0.1) is 0 Å². The van der Waals surface area contributed by atoms with Crippen LogP contribution in [0.3, 0.4) is 0 Å². The van der Waals surface area contributed by atoms with Crippen LogP contribution in [0, 0.1) is 0 Å². The van der Waals surface area contributed by atoms with Crippen molar-refractivity contribution in [3.05, 3.63) is 34.3 Å². The van der Waals surface area contributed by atoms with Crippen LogP contribution in [-0.2, 0) is 4.74 Å². The van der Waals surface area contributed by atoms with Crippen molar-refractivity contribution in [3.8, 4) is 0 Å². The third-order valence-electron chi connectivity index (χ3n) is 2.78. The summed E-state index contributed by atoms with van der Waals surface area (Å²) in [4.78, 5) is 13.3. The number of ketones is 1. The average molecular weight is 285 g/mol. The standard InChI is InChI=1S/C12H14BrNO2/c13-11-3-1-10(2-4-11)12(15)9-14-5-7-16-8-6-14/h1-4H,5-9H2/p+1. The summed E-state index contributed by atoms with van der Waals surface area (Å²) in [5, 5.41) is 0. The zero-order valence-electron chi connectivity index (χ0n) is 9.04. The average Bonchev–Trinajstić information content (AvgIpc) is 2.31. The number of carbonyl (C=O) groups is 1.